The summed E-state index contributed by atoms with van der Waals surface area (Å²) in [4.78, 5) is 20.0. The molecule has 0 saturated carbocycles. The van der Waals surface area contributed by atoms with Crippen LogP contribution in [0, 0.1) is 0 Å². The number of ketones is 1. The first-order chi connectivity index (χ1) is 8.57. The van der Waals surface area contributed by atoms with E-state index in [2.05, 4.69) is 0 Å². The van der Waals surface area contributed by atoms with Gasteiger partial charge < -0.3 is 25.6 Å². The Labute approximate surface area is 168 Å². The largest absolute Gasteiger partial charge is 1.00 e. The molecule has 0 aliphatic heterocycles. The van der Waals surface area contributed by atoms with Gasteiger partial charge in [-0.15, -0.1) is 0 Å². The second kappa shape index (κ2) is 16.7. The summed E-state index contributed by atoms with van der Waals surface area (Å²) in [6.07, 6.45) is -0.0694. The van der Waals surface area contributed by atoms with Gasteiger partial charge in [0.15, 0.2) is 4.30 Å². The standard InChI is InChI=1S/C6H12O2.C5H10O3.CHCl3.Na.H2O/c1-5(7)4-6(2,3)8;1-5(2,8)3-4(6)7;2-1(3)4;;/h8H,4H2,1-3H3;8H,3H2,1-2H3,(H,6,7);1H;;1H2/q;;;+1;/p-1. The van der Waals surface area contributed by atoms with Crippen molar-refractivity contribution >= 4 is 46.6 Å². The third kappa shape index (κ3) is 69.7. The Morgan fingerprint density at radius 1 is 1.00 bits per heavy atom. The Hall–Kier alpha value is 0.890. The number of carboxylic acids is 1. The summed E-state index contributed by atoms with van der Waals surface area (Å²) in [5, 5.41) is 27.5. The molecule has 6 nitrogen and oxygen atoms in total. The first kappa shape index (κ1) is 34.3. The molecule has 0 atom stereocenters. The van der Waals surface area contributed by atoms with Gasteiger partial charge in [0.05, 0.1) is 11.2 Å². The molecule has 4 N–H and O–H groups in total. The smallest absolute Gasteiger partial charge is 0.550 e. The maximum atomic E-state index is 10.3. The molecule has 10 heteroatoms. The van der Waals surface area contributed by atoms with Gasteiger partial charge >= 0.3 is 29.6 Å². The van der Waals surface area contributed by atoms with Crippen LogP contribution in [-0.2, 0) is 9.59 Å². The van der Waals surface area contributed by atoms with Gasteiger partial charge in [0.1, 0.15) is 5.78 Å². The molecule has 22 heavy (non-hydrogen) atoms. The van der Waals surface area contributed by atoms with E-state index in [0.717, 1.165) is 0 Å². The van der Waals surface area contributed by atoms with E-state index < -0.39 is 21.5 Å². The molecule has 0 aliphatic carbocycles. The molecule has 0 aliphatic rings. The SMILES string of the molecule is CC(=O)CC(C)(C)O.CC(C)(O)CC(=O)[O-].ClC(Cl)Cl.O.[Na+]. The topological polar surface area (TPSA) is 129 Å². The van der Waals surface area contributed by atoms with Gasteiger partial charge in [-0.25, -0.2) is 0 Å². The van der Waals surface area contributed by atoms with Crippen molar-refractivity contribution in [2.75, 3.05) is 0 Å². The van der Waals surface area contributed by atoms with Crippen LogP contribution in [0.3, 0.4) is 0 Å². The molecule has 0 saturated heterocycles. The minimum atomic E-state index is -1.22. The molecule has 0 radical (unpaired) electrons. The van der Waals surface area contributed by atoms with E-state index in [1.807, 2.05) is 0 Å². The molecule has 130 valence electrons. The van der Waals surface area contributed by atoms with E-state index in [-0.39, 0.29) is 53.7 Å². The van der Waals surface area contributed by atoms with Crippen LogP contribution in [0.2, 0.25) is 0 Å². The van der Waals surface area contributed by atoms with E-state index in [0.29, 0.717) is 0 Å². The van der Waals surface area contributed by atoms with Gasteiger partial charge in [0, 0.05) is 18.8 Å². The summed E-state index contributed by atoms with van der Waals surface area (Å²) in [5.74, 6) is -1.20. The molecule has 0 spiro atoms. The first-order valence-corrected chi connectivity index (χ1v) is 6.94. The summed E-state index contributed by atoms with van der Waals surface area (Å²) in [5.41, 5.74) is -1.97. The monoisotopic (exact) mass is 392 g/mol. The van der Waals surface area contributed by atoms with Crippen LogP contribution in [0.1, 0.15) is 47.5 Å². The van der Waals surface area contributed by atoms with Gasteiger partial charge in [-0.3, -0.25) is 4.79 Å². The maximum absolute atomic E-state index is 10.3. The molecule has 0 unspecified atom stereocenters. The minimum Gasteiger partial charge on any atom is -0.550 e. The summed E-state index contributed by atoms with van der Waals surface area (Å²) in [6, 6.07) is 0. The number of alkyl halides is 3. The summed E-state index contributed by atoms with van der Waals surface area (Å²) in [7, 11) is 0. The number of Topliss-reactive ketones (excluding diaryl/α,β-unsaturated/α-hetero) is 1. The van der Waals surface area contributed by atoms with E-state index >= 15 is 0 Å². The van der Waals surface area contributed by atoms with Crippen molar-refractivity contribution in [2.24, 2.45) is 0 Å². The predicted octanol–water partition coefficient (Wildman–Crippen LogP) is -2.20. The molecule has 0 aromatic rings. The molecule has 0 heterocycles. The van der Waals surface area contributed by atoms with Crippen LogP contribution < -0.4 is 34.7 Å². The summed E-state index contributed by atoms with van der Waals surface area (Å²) in [6.45, 7) is 7.55. The second-order valence-electron chi connectivity index (χ2n) is 5.30. The number of aliphatic hydroxyl groups is 2. The zero-order valence-corrected chi connectivity index (χ0v) is 18.0. The quantitative estimate of drug-likeness (QED) is 0.413. The molecule has 0 aromatic carbocycles. The van der Waals surface area contributed by atoms with Gasteiger partial charge in [0.25, 0.3) is 0 Å². The zero-order chi connectivity index (χ0) is 17.1. The third-order valence-corrected chi connectivity index (χ3v) is 1.26. The van der Waals surface area contributed by atoms with E-state index in [4.69, 9.17) is 45.0 Å². The molecule has 0 fully saturated rings. The van der Waals surface area contributed by atoms with Crippen LogP contribution >= 0.6 is 34.8 Å². The fourth-order valence-corrected chi connectivity index (χ4v) is 0.962. The number of carbonyl (C=O) groups is 2. The number of hydrogen-bond donors (Lipinski definition) is 2. The van der Waals surface area contributed by atoms with E-state index in [1.54, 1.807) is 13.8 Å². The third-order valence-electron chi connectivity index (χ3n) is 1.26. The fraction of sp³-hybridized carbons (Fsp3) is 0.833. The fourth-order valence-electron chi connectivity index (χ4n) is 0.962. The molecule has 0 amide bonds. The number of rotatable bonds is 4. The van der Waals surface area contributed by atoms with Crippen molar-refractivity contribution in [1.82, 2.24) is 0 Å². The Balaban J connectivity index is -0.0000000661. The predicted molar refractivity (Wildman–Crippen MR) is 82.5 cm³/mol. The summed E-state index contributed by atoms with van der Waals surface area (Å²) < 4.78 is -0.750. The molecular formula is C12H24Cl3NaO6. The Bertz CT molecular complexity index is 259. The van der Waals surface area contributed by atoms with Crippen molar-refractivity contribution in [2.45, 2.75) is 63.0 Å². The number of carboxylic acid groups (broad SMARTS) is 1. The second-order valence-corrected chi connectivity index (χ2v) is 7.28. The van der Waals surface area contributed by atoms with Crippen molar-refractivity contribution in [1.29, 1.82) is 0 Å². The average Bonchev–Trinajstić information content (AvgIpc) is 1.90. The van der Waals surface area contributed by atoms with Crippen LogP contribution in [0.5, 0.6) is 0 Å². The van der Waals surface area contributed by atoms with Gasteiger partial charge in [-0.2, -0.15) is 0 Å². The van der Waals surface area contributed by atoms with Gasteiger partial charge in [-0.05, 0) is 34.6 Å². The zero-order valence-electron chi connectivity index (χ0n) is 13.7. The number of hydrogen-bond acceptors (Lipinski definition) is 5. The molecule has 0 bridgehead atoms. The van der Waals surface area contributed by atoms with Crippen LogP contribution in [0.15, 0.2) is 0 Å². The summed E-state index contributed by atoms with van der Waals surface area (Å²) >= 11 is 14.4. The normalized spacial score (nSPS) is 9.95. The first-order valence-electron chi connectivity index (χ1n) is 5.63. The number of aliphatic carboxylic acids is 1. The van der Waals surface area contributed by atoms with Crippen LogP contribution in [0.4, 0.5) is 0 Å². The van der Waals surface area contributed by atoms with Crippen molar-refractivity contribution in [3.8, 4) is 0 Å². The van der Waals surface area contributed by atoms with Crippen LogP contribution in [0.25, 0.3) is 0 Å². The number of carbonyl (C=O) groups excluding carboxylic acids is 2. The Morgan fingerprint density at radius 2 is 1.23 bits per heavy atom. The molecule has 0 aromatic heterocycles. The van der Waals surface area contributed by atoms with E-state index in [1.165, 1.54) is 20.8 Å². The van der Waals surface area contributed by atoms with E-state index in [9.17, 15) is 14.7 Å². The maximum Gasteiger partial charge on any atom is 1.00 e. The van der Waals surface area contributed by atoms with Gasteiger partial charge in [0.2, 0.25) is 0 Å². The van der Waals surface area contributed by atoms with Crippen LogP contribution in [-0.4, -0.2) is 42.9 Å². The minimum absolute atomic E-state index is 0. The molecular weight excluding hydrogens is 369 g/mol. The Kier molecular flexibility index (Phi) is 26.1. The van der Waals surface area contributed by atoms with Crippen molar-refractivity contribution in [3.63, 3.8) is 0 Å². The average molecular weight is 394 g/mol. The number of halogens is 3. The Morgan fingerprint density at radius 3 is 1.23 bits per heavy atom. The van der Waals surface area contributed by atoms with Gasteiger partial charge in [-0.1, -0.05) is 34.8 Å². The van der Waals surface area contributed by atoms with Crippen molar-refractivity contribution in [3.05, 3.63) is 0 Å². The molecule has 0 rings (SSSR count). The van der Waals surface area contributed by atoms with Crippen molar-refractivity contribution < 1.29 is 59.9 Å².